The van der Waals surface area contributed by atoms with Crippen LogP contribution in [0.4, 0.5) is 0 Å². The van der Waals surface area contributed by atoms with Crippen molar-refractivity contribution in [2.24, 2.45) is 5.92 Å². The summed E-state index contributed by atoms with van der Waals surface area (Å²) in [6, 6.07) is 8.15. The largest absolute Gasteiger partial charge is 0.494 e. The number of rotatable bonds is 5. The van der Waals surface area contributed by atoms with Gasteiger partial charge in [-0.2, -0.15) is 0 Å². The van der Waals surface area contributed by atoms with Crippen LogP contribution in [0.15, 0.2) is 24.3 Å². The number of ketones is 1. The summed E-state index contributed by atoms with van der Waals surface area (Å²) in [4.78, 5) is 11.2. The molecule has 0 aliphatic heterocycles. The first-order valence-corrected chi connectivity index (χ1v) is 5.95. The topological polar surface area (TPSA) is 26.3 Å². The van der Waals surface area contributed by atoms with Crippen molar-refractivity contribution in [1.82, 2.24) is 0 Å². The van der Waals surface area contributed by atoms with Crippen molar-refractivity contribution in [2.75, 3.05) is 6.61 Å². The highest BCUT2D eigenvalue weighted by molar-refractivity contribution is 5.82. The Labute approximate surface area is 96.6 Å². The third-order valence-electron chi connectivity index (χ3n) is 3.07. The molecule has 0 aromatic heterocycles. The van der Waals surface area contributed by atoms with Gasteiger partial charge in [-0.1, -0.05) is 19.1 Å². The molecule has 2 rings (SSSR count). The lowest BCUT2D eigenvalue weighted by atomic mass is 10.1. The number of carbonyl (C=O) groups excluding carboxylic acids is 1. The van der Waals surface area contributed by atoms with Crippen molar-refractivity contribution in [1.29, 1.82) is 0 Å². The molecule has 1 aromatic carbocycles. The third-order valence-corrected chi connectivity index (χ3v) is 3.07. The summed E-state index contributed by atoms with van der Waals surface area (Å²) in [6.07, 6.45) is 2.02. The second-order valence-corrected chi connectivity index (χ2v) is 4.48. The van der Waals surface area contributed by atoms with Crippen molar-refractivity contribution < 1.29 is 9.53 Å². The summed E-state index contributed by atoms with van der Waals surface area (Å²) in [5, 5.41) is 0. The molecule has 0 amide bonds. The summed E-state index contributed by atoms with van der Waals surface area (Å²) < 4.78 is 5.58. The van der Waals surface area contributed by atoms with Gasteiger partial charge in [-0.15, -0.1) is 0 Å². The van der Waals surface area contributed by atoms with E-state index in [1.807, 2.05) is 12.1 Å². The van der Waals surface area contributed by atoms with E-state index in [0.717, 1.165) is 25.2 Å². The molecular formula is C14H18O2. The van der Waals surface area contributed by atoms with E-state index in [1.165, 1.54) is 5.56 Å². The van der Waals surface area contributed by atoms with Crippen LogP contribution in [0.2, 0.25) is 0 Å². The SMILES string of the molecule is CCCOc1cccc(C2CC2C(C)=O)c1. The fourth-order valence-electron chi connectivity index (χ4n) is 2.07. The van der Waals surface area contributed by atoms with Crippen LogP contribution in [-0.2, 0) is 4.79 Å². The Bertz CT molecular complexity index is 384. The van der Waals surface area contributed by atoms with Crippen molar-refractivity contribution >= 4 is 5.78 Å². The molecule has 2 unspecified atom stereocenters. The van der Waals surface area contributed by atoms with Gasteiger partial charge in [0.05, 0.1) is 6.61 Å². The lowest BCUT2D eigenvalue weighted by molar-refractivity contribution is -0.118. The molecule has 1 saturated carbocycles. The summed E-state index contributed by atoms with van der Waals surface area (Å²) >= 11 is 0. The van der Waals surface area contributed by atoms with Gasteiger partial charge in [0.2, 0.25) is 0 Å². The predicted molar refractivity (Wildman–Crippen MR) is 63.8 cm³/mol. The molecule has 1 fully saturated rings. The van der Waals surface area contributed by atoms with Crippen LogP contribution in [0.1, 0.15) is 38.2 Å². The number of Topliss-reactive ketones (excluding diaryl/α,β-unsaturated/α-hetero) is 1. The lowest BCUT2D eigenvalue weighted by Gasteiger charge is -2.06. The Morgan fingerprint density at radius 3 is 2.94 bits per heavy atom. The summed E-state index contributed by atoms with van der Waals surface area (Å²) in [5.74, 6) is 1.92. The molecule has 1 aliphatic rings. The first kappa shape index (κ1) is 11.2. The number of hydrogen-bond acceptors (Lipinski definition) is 2. The maximum absolute atomic E-state index is 11.2. The van der Waals surface area contributed by atoms with E-state index in [2.05, 4.69) is 19.1 Å². The predicted octanol–water partition coefficient (Wildman–Crippen LogP) is 3.17. The highest BCUT2D eigenvalue weighted by Gasteiger charge is 2.41. The minimum atomic E-state index is 0.251. The van der Waals surface area contributed by atoms with Crippen LogP contribution in [0.25, 0.3) is 0 Å². The number of benzene rings is 1. The molecule has 0 saturated heterocycles. The lowest BCUT2D eigenvalue weighted by Crippen LogP contribution is -1.97. The van der Waals surface area contributed by atoms with E-state index in [9.17, 15) is 4.79 Å². The van der Waals surface area contributed by atoms with E-state index in [0.29, 0.717) is 11.7 Å². The van der Waals surface area contributed by atoms with Crippen LogP contribution >= 0.6 is 0 Å². The quantitative estimate of drug-likeness (QED) is 0.758. The maximum Gasteiger partial charge on any atom is 0.133 e. The van der Waals surface area contributed by atoms with Crippen LogP contribution in [0, 0.1) is 5.92 Å². The molecule has 1 aromatic rings. The number of carbonyl (C=O) groups is 1. The fourth-order valence-corrected chi connectivity index (χ4v) is 2.07. The zero-order valence-electron chi connectivity index (χ0n) is 9.90. The summed E-state index contributed by atoms with van der Waals surface area (Å²) in [5.41, 5.74) is 1.24. The minimum absolute atomic E-state index is 0.251. The smallest absolute Gasteiger partial charge is 0.133 e. The van der Waals surface area contributed by atoms with Gasteiger partial charge in [0.1, 0.15) is 11.5 Å². The summed E-state index contributed by atoms with van der Waals surface area (Å²) in [7, 11) is 0. The Balaban J connectivity index is 2.03. The van der Waals surface area contributed by atoms with Gasteiger partial charge in [0.25, 0.3) is 0 Å². The van der Waals surface area contributed by atoms with E-state index < -0.39 is 0 Å². The zero-order valence-corrected chi connectivity index (χ0v) is 9.90. The number of hydrogen-bond donors (Lipinski definition) is 0. The highest BCUT2D eigenvalue weighted by Crippen LogP contribution is 2.48. The molecule has 0 spiro atoms. The van der Waals surface area contributed by atoms with Crippen LogP contribution in [-0.4, -0.2) is 12.4 Å². The van der Waals surface area contributed by atoms with E-state index in [1.54, 1.807) is 6.92 Å². The van der Waals surface area contributed by atoms with Crippen molar-refractivity contribution in [3.63, 3.8) is 0 Å². The zero-order chi connectivity index (χ0) is 11.5. The van der Waals surface area contributed by atoms with Gasteiger partial charge in [0, 0.05) is 5.92 Å². The normalized spacial score (nSPS) is 22.9. The highest BCUT2D eigenvalue weighted by atomic mass is 16.5. The molecule has 0 radical (unpaired) electrons. The second-order valence-electron chi connectivity index (χ2n) is 4.48. The molecule has 2 atom stereocenters. The molecule has 2 heteroatoms. The molecule has 86 valence electrons. The van der Waals surface area contributed by atoms with Crippen LogP contribution in [0.3, 0.4) is 0 Å². The Kier molecular flexibility index (Phi) is 3.28. The van der Waals surface area contributed by atoms with E-state index in [4.69, 9.17) is 4.74 Å². The minimum Gasteiger partial charge on any atom is -0.494 e. The molecular weight excluding hydrogens is 200 g/mol. The van der Waals surface area contributed by atoms with Gasteiger partial charge in [-0.05, 0) is 43.4 Å². The van der Waals surface area contributed by atoms with E-state index >= 15 is 0 Å². The van der Waals surface area contributed by atoms with Gasteiger partial charge in [-0.3, -0.25) is 4.79 Å². The van der Waals surface area contributed by atoms with Crippen molar-refractivity contribution in [3.8, 4) is 5.75 Å². The van der Waals surface area contributed by atoms with Crippen LogP contribution in [0.5, 0.6) is 5.75 Å². The Morgan fingerprint density at radius 1 is 1.50 bits per heavy atom. The van der Waals surface area contributed by atoms with Gasteiger partial charge >= 0.3 is 0 Å². The summed E-state index contributed by atoms with van der Waals surface area (Å²) in [6.45, 7) is 4.53. The first-order chi connectivity index (χ1) is 7.72. The molecule has 1 aliphatic carbocycles. The monoisotopic (exact) mass is 218 g/mol. The third kappa shape index (κ3) is 2.43. The Hall–Kier alpha value is -1.31. The van der Waals surface area contributed by atoms with Gasteiger partial charge < -0.3 is 4.74 Å². The molecule has 0 bridgehead atoms. The number of ether oxygens (including phenoxy) is 1. The molecule has 16 heavy (non-hydrogen) atoms. The fraction of sp³-hybridized carbons (Fsp3) is 0.500. The molecule has 0 N–H and O–H groups in total. The van der Waals surface area contributed by atoms with E-state index in [-0.39, 0.29) is 5.92 Å². The van der Waals surface area contributed by atoms with Gasteiger partial charge in [-0.25, -0.2) is 0 Å². The van der Waals surface area contributed by atoms with Crippen molar-refractivity contribution in [3.05, 3.63) is 29.8 Å². The standard InChI is InChI=1S/C14H18O2/c1-3-7-16-12-6-4-5-11(8-12)14-9-13(14)10(2)15/h4-6,8,13-14H,3,7,9H2,1-2H3. The maximum atomic E-state index is 11.2. The molecule has 0 heterocycles. The average Bonchev–Trinajstić information content (AvgIpc) is 3.07. The average molecular weight is 218 g/mol. The first-order valence-electron chi connectivity index (χ1n) is 5.95. The molecule has 2 nitrogen and oxygen atoms in total. The second kappa shape index (κ2) is 4.69. The van der Waals surface area contributed by atoms with Gasteiger partial charge in [0.15, 0.2) is 0 Å². The van der Waals surface area contributed by atoms with Crippen molar-refractivity contribution in [2.45, 2.75) is 32.6 Å². The Morgan fingerprint density at radius 2 is 2.31 bits per heavy atom. The van der Waals surface area contributed by atoms with Crippen LogP contribution < -0.4 is 4.74 Å².